The predicted octanol–water partition coefficient (Wildman–Crippen LogP) is 3.92. The third-order valence-corrected chi connectivity index (χ3v) is 3.52. The Bertz CT molecular complexity index is 604. The summed E-state index contributed by atoms with van der Waals surface area (Å²) >= 11 is 5.87. The first kappa shape index (κ1) is 11.4. The fraction of sp³-hybridized carbons (Fsp3) is 0.200. The molecule has 0 saturated heterocycles. The molecule has 3 heteroatoms. The van der Waals surface area contributed by atoms with Gasteiger partial charge in [-0.1, -0.05) is 23.7 Å². The Labute approximate surface area is 111 Å². The number of rotatable bonds is 1. The molecule has 0 unspecified atom stereocenters. The van der Waals surface area contributed by atoms with Gasteiger partial charge in [-0.2, -0.15) is 0 Å². The van der Waals surface area contributed by atoms with E-state index in [-0.39, 0.29) is 5.78 Å². The standard InChI is InChI=1S/C15H12ClNO/c16-12-6-4-10(5-7-12)11-8-13-14(17-9-11)2-1-3-15(13)18/h4-9H,1-3H2. The Morgan fingerprint density at radius 2 is 1.83 bits per heavy atom. The first-order chi connectivity index (χ1) is 8.74. The average Bonchev–Trinajstić information content (AvgIpc) is 2.40. The van der Waals surface area contributed by atoms with Crippen molar-refractivity contribution >= 4 is 17.4 Å². The number of aryl methyl sites for hydroxylation is 1. The van der Waals surface area contributed by atoms with Gasteiger partial charge < -0.3 is 0 Å². The van der Waals surface area contributed by atoms with Gasteiger partial charge in [0.2, 0.25) is 0 Å². The van der Waals surface area contributed by atoms with Gasteiger partial charge in [0.05, 0.1) is 5.69 Å². The van der Waals surface area contributed by atoms with Gasteiger partial charge in [0.25, 0.3) is 0 Å². The molecule has 0 amide bonds. The molecule has 1 aromatic carbocycles. The van der Waals surface area contributed by atoms with Crippen LogP contribution in [0.15, 0.2) is 36.5 Å². The number of pyridine rings is 1. The van der Waals surface area contributed by atoms with Gasteiger partial charge >= 0.3 is 0 Å². The molecule has 2 nitrogen and oxygen atoms in total. The monoisotopic (exact) mass is 257 g/mol. The summed E-state index contributed by atoms with van der Waals surface area (Å²) in [6, 6.07) is 9.53. The normalized spacial score (nSPS) is 14.4. The van der Waals surface area contributed by atoms with Crippen molar-refractivity contribution in [3.63, 3.8) is 0 Å². The minimum atomic E-state index is 0.208. The predicted molar refractivity (Wildman–Crippen MR) is 72.0 cm³/mol. The highest BCUT2D eigenvalue weighted by molar-refractivity contribution is 6.30. The minimum absolute atomic E-state index is 0.208. The molecule has 0 atom stereocenters. The lowest BCUT2D eigenvalue weighted by atomic mass is 9.93. The van der Waals surface area contributed by atoms with E-state index < -0.39 is 0 Å². The first-order valence-corrected chi connectivity index (χ1v) is 6.40. The summed E-state index contributed by atoms with van der Waals surface area (Å²) in [5.74, 6) is 0.208. The topological polar surface area (TPSA) is 30.0 Å². The summed E-state index contributed by atoms with van der Waals surface area (Å²) in [5, 5.41) is 0.709. The fourth-order valence-electron chi connectivity index (χ4n) is 2.28. The number of aromatic nitrogens is 1. The van der Waals surface area contributed by atoms with E-state index in [0.29, 0.717) is 11.4 Å². The van der Waals surface area contributed by atoms with E-state index in [9.17, 15) is 4.79 Å². The van der Waals surface area contributed by atoms with Crippen LogP contribution in [-0.2, 0) is 6.42 Å². The van der Waals surface area contributed by atoms with Gasteiger partial charge in [0.1, 0.15) is 0 Å². The van der Waals surface area contributed by atoms with Crippen molar-refractivity contribution in [2.45, 2.75) is 19.3 Å². The molecular formula is C15H12ClNO. The summed E-state index contributed by atoms with van der Waals surface area (Å²) < 4.78 is 0. The molecule has 0 spiro atoms. The lowest BCUT2D eigenvalue weighted by Crippen LogP contribution is -2.12. The first-order valence-electron chi connectivity index (χ1n) is 6.02. The summed E-state index contributed by atoms with van der Waals surface area (Å²) in [4.78, 5) is 16.3. The molecule has 1 aromatic heterocycles. The van der Waals surface area contributed by atoms with Crippen molar-refractivity contribution in [1.82, 2.24) is 4.98 Å². The number of halogens is 1. The van der Waals surface area contributed by atoms with E-state index >= 15 is 0 Å². The van der Waals surface area contributed by atoms with Crippen molar-refractivity contribution in [3.05, 3.63) is 52.8 Å². The second kappa shape index (κ2) is 4.54. The molecule has 3 rings (SSSR count). The van der Waals surface area contributed by atoms with E-state index in [0.717, 1.165) is 35.2 Å². The maximum atomic E-state index is 11.9. The number of carbonyl (C=O) groups excluding carboxylic acids is 1. The van der Waals surface area contributed by atoms with Crippen LogP contribution in [0.25, 0.3) is 11.1 Å². The zero-order chi connectivity index (χ0) is 12.5. The van der Waals surface area contributed by atoms with Crippen LogP contribution in [0.5, 0.6) is 0 Å². The highest BCUT2D eigenvalue weighted by Crippen LogP contribution is 2.26. The zero-order valence-corrected chi connectivity index (χ0v) is 10.6. The van der Waals surface area contributed by atoms with Crippen LogP contribution in [0.2, 0.25) is 5.02 Å². The number of benzene rings is 1. The lowest BCUT2D eigenvalue weighted by Gasteiger charge is -2.14. The Kier molecular flexibility index (Phi) is 2.88. The van der Waals surface area contributed by atoms with Crippen LogP contribution in [-0.4, -0.2) is 10.8 Å². The third kappa shape index (κ3) is 2.04. The summed E-state index contributed by atoms with van der Waals surface area (Å²) in [6.07, 6.45) is 4.29. The van der Waals surface area contributed by atoms with E-state index in [4.69, 9.17) is 11.6 Å². The van der Waals surface area contributed by atoms with Crippen LogP contribution in [0, 0.1) is 0 Å². The summed E-state index contributed by atoms with van der Waals surface area (Å²) in [5.41, 5.74) is 3.73. The molecule has 0 fully saturated rings. The van der Waals surface area contributed by atoms with E-state index in [2.05, 4.69) is 4.98 Å². The number of Topliss-reactive ketones (excluding diaryl/α,β-unsaturated/α-hetero) is 1. The molecule has 0 N–H and O–H groups in total. The van der Waals surface area contributed by atoms with E-state index in [1.165, 1.54) is 0 Å². The summed E-state index contributed by atoms with van der Waals surface area (Å²) in [7, 11) is 0. The van der Waals surface area contributed by atoms with Gasteiger partial charge in [-0.25, -0.2) is 0 Å². The minimum Gasteiger partial charge on any atom is -0.294 e. The van der Waals surface area contributed by atoms with Gasteiger partial charge in [0, 0.05) is 28.8 Å². The molecule has 0 aliphatic heterocycles. The lowest BCUT2D eigenvalue weighted by molar-refractivity contribution is 0.0971. The zero-order valence-electron chi connectivity index (χ0n) is 9.82. The average molecular weight is 258 g/mol. The molecule has 1 aliphatic carbocycles. The van der Waals surface area contributed by atoms with Gasteiger partial charge in [0.15, 0.2) is 5.78 Å². The fourth-order valence-corrected chi connectivity index (χ4v) is 2.41. The molecule has 90 valence electrons. The quantitative estimate of drug-likeness (QED) is 0.775. The molecule has 1 heterocycles. The Morgan fingerprint density at radius 3 is 2.61 bits per heavy atom. The molecule has 0 saturated carbocycles. The second-order valence-corrected chi connectivity index (χ2v) is 4.94. The molecular weight excluding hydrogens is 246 g/mol. The third-order valence-electron chi connectivity index (χ3n) is 3.27. The largest absolute Gasteiger partial charge is 0.294 e. The van der Waals surface area contributed by atoms with Gasteiger partial charge in [-0.15, -0.1) is 0 Å². The highest BCUT2D eigenvalue weighted by Gasteiger charge is 2.18. The van der Waals surface area contributed by atoms with Crippen molar-refractivity contribution in [1.29, 1.82) is 0 Å². The SMILES string of the molecule is O=C1CCCc2ncc(-c3ccc(Cl)cc3)cc21. The number of ketones is 1. The number of fused-ring (bicyclic) bond motifs is 1. The van der Waals surface area contributed by atoms with Crippen LogP contribution >= 0.6 is 11.6 Å². The number of nitrogens with zero attached hydrogens (tertiary/aromatic N) is 1. The van der Waals surface area contributed by atoms with Gasteiger partial charge in [-0.05, 0) is 36.6 Å². The van der Waals surface area contributed by atoms with Crippen LogP contribution in [0.4, 0.5) is 0 Å². The summed E-state index contributed by atoms with van der Waals surface area (Å²) in [6.45, 7) is 0. The van der Waals surface area contributed by atoms with Crippen molar-refractivity contribution in [3.8, 4) is 11.1 Å². The van der Waals surface area contributed by atoms with Crippen molar-refractivity contribution < 1.29 is 4.79 Å². The molecule has 0 radical (unpaired) electrons. The maximum absolute atomic E-state index is 11.9. The van der Waals surface area contributed by atoms with Crippen LogP contribution < -0.4 is 0 Å². The van der Waals surface area contributed by atoms with Crippen LogP contribution in [0.1, 0.15) is 28.9 Å². The smallest absolute Gasteiger partial charge is 0.164 e. The molecule has 2 aromatic rings. The highest BCUT2D eigenvalue weighted by atomic mass is 35.5. The van der Waals surface area contributed by atoms with Crippen LogP contribution in [0.3, 0.4) is 0 Å². The molecule has 0 bridgehead atoms. The Morgan fingerprint density at radius 1 is 1.06 bits per heavy atom. The maximum Gasteiger partial charge on any atom is 0.164 e. The second-order valence-electron chi connectivity index (χ2n) is 4.50. The number of hydrogen-bond donors (Lipinski definition) is 0. The Balaban J connectivity index is 2.06. The van der Waals surface area contributed by atoms with E-state index in [1.807, 2.05) is 36.5 Å². The number of hydrogen-bond acceptors (Lipinski definition) is 2. The Hall–Kier alpha value is -1.67. The van der Waals surface area contributed by atoms with Gasteiger partial charge in [-0.3, -0.25) is 9.78 Å². The van der Waals surface area contributed by atoms with Crippen molar-refractivity contribution in [2.75, 3.05) is 0 Å². The number of carbonyl (C=O) groups is 1. The van der Waals surface area contributed by atoms with Crippen molar-refractivity contribution in [2.24, 2.45) is 0 Å². The van der Waals surface area contributed by atoms with E-state index in [1.54, 1.807) is 0 Å². The molecule has 18 heavy (non-hydrogen) atoms. The molecule has 1 aliphatic rings.